The van der Waals surface area contributed by atoms with Crippen molar-refractivity contribution < 1.29 is 9.90 Å². The first-order valence-corrected chi connectivity index (χ1v) is 4.15. The van der Waals surface area contributed by atoms with Crippen LogP contribution in [0.3, 0.4) is 0 Å². The lowest BCUT2D eigenvalue weighted by Crippen LogP contribution is -2.21. The molecule has 1 unspecified atom stereocenters. The van der Waals surface area contributed by atoms with Gasteiger partial charge in [0.1, 0.15) is 15.5 Å². The summed E-state index contributed by atoms with van der Waals surface area (Å²) in [5.74, 6) is -1.11. The highest BCUT2D eigenvalue weighted by Crippen LogP contribution is 2.22. The molecule has 11 heavy (non-hydrogen) atoms. The number of carboxylic acids is 1. The van der Waals surface area contributed by atoms with Crippen LogP contribution in [0.15, 0.2) is 3.79 Å². The largest absolute Gasteiger partial charge is 0.480 e. The quantitative estimate of drug-likeness (QED) is 0.777. The summed E-state index contributed by atoms with van der Waals surface area (Å²) in [6.07, 6.45) is 0. The van der Waals surface area contributed by atoms with E-state index in [1.165, 1.54) is 0 Å². The molecule has 60 valence electrons. The fourth-order valence-corrected chi connectivity index (χ4v) is 1.47. The Morgan fingerprint density at radius 1 is 1.82 bits per heavy atom. The normalized spacial score (nSPS) is 12.9. The molecule has 7 heteroatoms. The molecule has 1 heterocycles. The maximum absolute atomic E-state index is 10.3. The molecule has 0 aliphatic rings. The number of rotatable bonds is 2. The molecule has 0 radical (unpaired) electrons. The van der Waals surface area contributed by atoms with E-state index >= 15 is 0 Å². The van der Waals surface area contributed by atoms with Crippen molar-refractivity contribution in [2.24, 2.45) is 5.73 Å². The lowest BCUT2D eigenvalue weighted by Gasteiger charge is -2.00. The number of aliphatic carboxylic acids is 1. The Morgan fingerprint density at radius 2 is 2.45 bits per heavy atom. The molecule has 0 aromatic carbocycles. The SMILES string of the molecule is NC(C(=O)O)c1nnsc1Br. The van der Waals surface area contributed by atoms with Gasteiger partial charge in [-0.15, -0.1) is 5.10 Å². The highest BCUT2D eigenvalue weighted by Gasteiger charge is 2.20. The Balaban J connectivity index is 2.92. The minimum Gasteiger partial charge on any atom is -0.480 e. The number of hydrogen-bond acceptors (Lipinski definition) is 5. The Morgan fingerprint density at radius 3 is 2.82 bits per heavy atom. The molecule has 0 fully saturated rings. The summed E-state index contributed by atoms with van der Waals surface area (Å²) in [5.41, 5.74) is 5.52. The molecule has 5 nitrogen and oxygen atoms in total. The standard InChI is InChI=1S/C4H4BrN3O2S/c5-3-2(7-8-11-3)1(6)4(9)10/h1H,6H2,(H,9,10). The Hall–Kier alpha value is -0.530. The van der Waals surface area contributed by atoms with E-state index in [4.69, 9.17) is 10.8 Å². The van der Waals surface area contributed by atoms with Crippen molar-refractivity contribution in [3.8, 4) is 0 Å². The molecule has 1 atom stereocenters. The van der Waals surface area contributed by atoms with E-state index < -0.39 is 12.0 Å². The molecule has 0 saturated carbocycles. The van der Waals surface area contributed by atoms with Crippen LogP contribution < -0.4 is 5.73 Å². The van der Waals surface area contributed by atoms with Gasteiger partial charge in [-0.25, -0.2) is 0 Å². The van der Waals surface area contributed by atoms with Crippen molar-refractivity contribution in [1.29, 1.82) is 0 Å². The summed E-state index contributed by atoms with van der Waals surface area (Å²) in [7, 11) is 0. The zero-order chi connectivity index (χ0) is 8.43. The first-order chi connectivity index (χ1) is 5.13. The van der Waals surface area contributed by atoms with E-state index in [9.17, 15) is 4.79 Å². The van der Waals surface area contributed by atoms with Crippen LogP contribution in [0.2, 0.25) is 0 Å². The molecule has 3 N–H and O–H groups in total. The Labute approximate surface area is 74.5 Å². The maximum Gasteiger partial charge on any atom is 0.326 e. The summed E-state index contributed by atoms with van der Waals surface area (Å²) in [6, 6.07) is -1.09. The first-order valence-electron chi connectivity index (χ1n) is 2.59. The van der Waals surface area contributed by atoms with Gasteiger partial charge in [0.2, 0.25) is 0 Å². The number of hydrogen-bond donors (Lipinski definition) is 2. The van der Waals surface area contributed by atoms with Crippen LogP contribution in [0.25, 0.3) is 0 Å². The van der Waals surface area contributed by atoms with Crippen LogP contribution in [0.1, 0.15) is 11.7 Å². The molecule has 1 rings (SSSR count). The fourth-order valence-electron chi connectivity index (χ4n) is 0.488. The van der Waals surface area contributed by atoms with E-state index in [2.05, 4.69) is 25.5 Å². The van der Waals surface area contributed by atoms with E-state index in [-0.39, 0.29) is 5.69 Å². The van der Waals surface area contributed by atoms with Gasteiger partial charge in [0, 0.05) is 0 Å². The second-order valence-corrected chi connectivity index (χ2v) is 3.82. The van der Waals surface area contributed by atoms with Crippen LogP contribution in [0.4, 0.5) is 0 Å². The zero-order valence-corrected chi connectivity index (χ0v) is 7.59. The number of aromatic nitrogens is 2. The molecule has 1 aromatic heterocycles. The monoisotopic (exact) mass is 237 g/mol. The highest BCUT2D eigenvalue weighted by atomic mass is 79.9. The third kappa shape index (κ3) is 1.73. The van der Waals surface area contributed by atoms with Crippen LogP contribution >= 0.6 is 27.5 Å². The lowest BCUT2D eigenvalue weighted by atomic mass is 10.2. The van der Waals surface area contributed by atoms with Crippen molar-refractivity contribution in [3.63, 3.8) is 0 Å². The maximum atomic E-state index is 10.3. The average Bonchev–Trinajstić information content (AvgIpc) is 2.33. The topological polar surface area (TPSA) is 89.1 Å². The van der Waals surface area contributed by atoms with E-state index in [1.54, 1.807) is 0 Å². The third-order valence-corrected chi connectivity index (χ3v) is 2.40. The predicted molar refractivity (Wildman–Crippen MR) is 42.2 cm³/mol. The minimum absolute atomic E-state index is 0.266. The highest BCUT2D eigenvalue weighted by molar-refractivity contribution is 9.11. The summed E-state index contributed by atoms with van der Waals surface area (Å²) >= 11 is 4.15. The van der Waals surface area contributed by atoms with Crippen molar-refractivity contribution in [2.75, 3.05) is 0 Å². The number of carbonyl (C=O) groups is 1. The smallest absolute Gasteiger partial charge is 0.326 e. The Bertz CT molecular complexity index is 276. The van der Waals surface area contributed by atoms with Crippen molar-refractivity contribution in [3.05, 3.63) is 9.48 Å². The predicted octanol–water partition coefficient (Wildman–Crippen LogP) is 0.385. The molecule has 0 amide bonds. The van der Waals surface area contributed by atoms with Gasteiger partial charge in [0.25, 0.3) is 0 Å². The van der Waals surface area contributed by atoms with Crippen LogP contribution in [-0.2, 0) is 4.79 Å². The second kappa shape index (κ2) is 3.24. The van der Waals surface area contributed by atoms with Crippen molar-refractivity contribution in [2.45, 2.75) is 6.04 Å². The summed E-state index contributed by atoms with van der Waals surface area (Å²) in [4.78, 5) is 10.3. The van der Waals surface area contributed by atoms with Crippen molar-refractivity contribution in [1.82, 2.24) is 9.59 Å². The van der Waals surface area contributed by atoms with Crippen molar-refractivity contribution >= 4 is 33.4 Å². The van der Waals surface area contributed by atoms with Crippen LogP contribution in [0, 0.1) is 0 Å². The van der Waals surface area contributed by atoms with Crippen LogP contribution in [0.5, 0.6) is 0 Å². The summed E-state index contributed by atoms with van der Waals surface area (Å²) in [5, 5.41) is 12.0. The zero-order valence-electron chi connectivity index (χ0n) is 5.19. The number of nitrogens with two attached hydrogens (primary N) is 1. The average molecular weight is 238 g/mol. The van der Waals surface area contributed by atoms with E-state index in [0.29, 0.717) is 3.79 Å². The van der Waals surface area contributed by atoms with Gasteiger partial charge in [0.05, 0.1) is 0 Å². The molecule has 0 bridgehead atoms. The van der Waals surface area contributed by atoms with Gasteiger partial charge in [-0.05, 0) is 27.5 Å². The molecule has 0 saturated heterocycles. The molecule has 0 aliphatic heterocycles. The second-order valence-electron chi connectivity index (χ2n) is 1.75. The number of carboxylic acid groups (broad SMARTS) is 1. The van der Waals surface area contributed by atoms with Gasteiger partial charge in [-0.3, -0.25) is 4.79 Å². The van der Waals surface area contributed by atoms with Gasteiger partial charge < -0.3 is 10.8 Å². The molecular formula is C4H4BrN3O2S. The van der Waals surface area contributed by atoms with Gasteiger partial charge in [-0.2, -0.15) is 0 Å². The summed E-state index contributed by atoms with van der Waals surface area (Å²) < 4.78 is 4.09. The summed E-state index contributed by atoms with van der Waals surface area (Å²) in [6.45, 7) is 0. The molecule has 0 aliphatic carbocycles. The minimum atomic E-state index is -1.11. The van der Waals surface area contributed by atoms with Crippen LogP contribution in [-0.4, -0.2) is 20.7 Å². The van der Waals surface area contributed by atoms with Gasteiger partial charge in [-0.1, -0.05) is 4.49 Å². The fraction of sp³-hybridized carbons (Fsp3) is 0.250. The molecular weight excluding hydrogens is 234 g/mol. The van der Waals surface area contributed by atoms with Gasteiger partial charge >= 0.3 is 5.97 Å². The van der Waals surface area contributed by atoms with Gasteiger partial charge in [0.15, 0.2) is 0 Å². The number of halogens is 1. The molecule has 1 aromatic rings. The van der Waals surface area contributed by atoms with E-state index in [1.807, 2.05) is 0 Å². The number of nitrogens with zero attached hydrogens (tertiary/aromatic N) is 2. The third-order valence-electron chi connectivity index (χ3n) is 1.03. The first kappa shape index (κ1) is 8.57. The lowest BCUT2D eigenvalue weighted by molar-refractivity contribution is -0.138. The Kier molecular flexibility index (Phi) is 2.53. The van der Waals surface area contributed by atoms with E-state index in [0.717, 1.165) is 11.5 Å². The molecule has 0 spiro atoms.